The summed E-state index contributed by atoms with van der Waals surface area (Å²) in [6.07, 6.45) is 3.33. The number of nitrogens with zero attached hydrogens (tertiary/aromatic N) is 2. The van der Waals surface area contributed by atoms with Gasteiger partial charge in [-0.05, 0) is 48.4 Å². The van der Waals surface area contributed by atoms with Crippen LogP contribution in [0, 0.1) is 5.92 Å². The second-order valence-electron chi connectivity index (χ2n) is 6.91. The monoisotopic (exact) mass is 373 g/mol. The smallest absolute Gasteiger partial charge is 0.257 e. The quantitative estimate of drug-likeness (QED) is 0.601. The van der Waals surface area contributed by atoms with Crippen LogP contribution in [0.3, 0.4) is 0 Å². The van der Waals surface area contributed by atoms with E-state index in [1.54, 1.807) is 0 Å². The SMILES string of the molecule is CC(C)Cn1c(SCC(=O)Nc2ccc3c(c2)CCC3)nc(O)cc1=O. The zero-order valence-electron chi connectivity index (χ0n) is 15.0. The Bertz CT molecular complexity index is 877. The lowest BCUT2D eigenvalue weighted by Crippen LogP contribution is -2.25. The Morgan fingerprint density at radius 3 is 2.85 bits per heavy atom. The third-order valence-electron chi connectivity index (χ3n) is 4.22. The van der Waals surface area contributed by atoms with Gasteiger partial charge in [-0.3, -0.25) is 14.2 Å². The van der Waals surface area contributed by atoms with E-state index in [0.29, 0.717) is 11.7 Å². The largest absolute Gasteiger partial charge is 0.493 e. The Hall–Kier alpha value is -2.28. The Labute approximate surface area is 156 Å². The summed E-state index contributed by atoms with van der Waals surface area (Å²) in [5, 5.41) is 12.9. The molecular formula is C19H23N3O3S. The first-order chi connectivity index (χ1) is 12.4. The van der Waals surface area contributed by atoms with E-state index in [2.05, 4.69) is 16.4 Å². The van der Waals surface area contributed by atoms with Crippen molar-refractivity contribution in [2.45, 2.75) is 44.8 Å². The first-order valence-corrected chi connectivity index (χ1v) is 9.76. The fourth-order valence-electron chi connectivity index (χ4n) is 3.09. The molecule has 0 bridgehead atoms. The van der Waals surface area contributed by atoms with Crippen molar-refractivity contribution >= 4 is 23.4 Å². The molecule has 138 valence electrons. The molecule has 0 atom stereocenters. The van der Waals surface area contributed by atoms with Crippen molar-refractivity contribution in [2.75, 3.05) is 11.1 Å². The number of nitrogens with one attached hydrogen (secondary N) is 1. The molecule has 0 saturated heterocycles. The van der Waals surface area contributed by atoms with Crippen molar-refractivity contribution in [1.29, 1.82) is 0 Å². The average molecular weight is 373 g/mol. The van der Waals surface area contributed by atoms with Crippen LogP contribution < -0.4 is 10.9 Å². The summed E-state index contributed by atoms with van der Waals surface area (Å²) in [5.41, 5.74) is 3.14. The molecule has 1 aliphatic carbocycles. The zero-order chi connectivity index (χ0) is 18.7. The fraction of sp³-hybridized carbons (Fsp3) is 0.421. The van der Waals surface area contributed by atoms with Crippen LogP contribution in [0.2, 0.25) is 0 Å². The number of carbonyl (C=O) groups excluding carboxylic acids is 1. The van der Waals surface area contributed by atoms with Gasteiger partial charge in [-0.2, -0.15) is 4.98 Å². The van der Waals surface area contributed by atoms with E-state index in [4.69, 9.17) is 0 Å². The maximum atomic E-state index is 12.3. The van der Waals surface area contributed by atoms with Gasteiger partial charge in [-0.1, -0.05) is 31.7 Å². The third kappa shape index (κ3) is 4.46. The minimum absolute atomic E-state index is 0.116. The molecule has 0 spiro atoms. The molecule has 0 fully saturated rings. The summed E-state index contributed by atoms with van der Waals surface area (Å²) in [6, 6.07) is 7.12. The van der Waals surface area contributed by atoms with Crippen LogP contribution in [0.4, 0.5) is 5.69 Å². The van der Waals surface area contributed by atoms with E-state index < -0.39 is 0 Å². The van der Waals surface area contributed by atoms with Crippen LogP contribution in [-0.4, -0.2) is 26.3 Å². The van der Waals surface area contributed by atoms with Crippen LogP contribution in [0.1, 0.15) is 31.4 Å². The highest BCUT2D eigenvalue weighted by atomic mass is 32.2. The van der Waals surface area contributed by atoms with Crippen LogP contribution in [0.25, 0.3) is 0 Å². The predicted molar refractivity (Wildman–Crippen MR) is 103 cm³/mol. The van der Waals surface area contributed by atoms with Crippen LogP contribution in [0.15, 0.2) is 34.2 Å². The van der Waals surface area contributed by atoms with E-state index >= 15 is 0 Å². The molecule has 3 rings (SSSR count). The number of aromatic hydroxyl groups is 1. The number of anilines is 1. The molecule has 26 heavy (non-hydrogen) atoms. The van der Waals surface area contributed by atoms with Gasteiger partial charge in [-0.15, -0.1) is 0 Å². The topological polar surface area (TPSA) is 84.2 Å². The van der Waals surface area contributed by atoms with Crippen LogP contribution in [-0.2, 0) is 24.2 Å². The lowest BCUT2D eigenvalue weighted by Gasteiger charge is -2.13. The average Bonchev–Trinajstić information content (AvgIpc) is 3.03. The minimum Gasteiger partial charge on any atom is -0.493 e. The maximum absolute atomic E-state index is 12.3. The normalized spacial score (nSPS) is 13.0. The Balaban J connectivity index is 1.67. The van der Waals surface area contributed by atoms with Gasteiger partial charge in [0.05, 0.1) is 11.8 Å². The van der Waals surface area contributed by atoms with E-state index in [-0.39, 0.29) is 29.0 Å². The van der Waals surface area contributed by atoms with Crippen molar-refractivity contribution in [3.8, 4) is 5.88 Å². The van der Waals surface area contributed by atoms with Gasteiger partial charge in [0.2, 0.25) is 11.8 Å². The van der Waals surface area contributed by atoms with Gasteiger partial charge in [0.25, 0.3) is 5.56 Å². The zero-order valence-corrected chi connectivity index (χ0v) is 15.8. The lowest BCUT2D eigenvalue weighted by atomic mass is 10.1. The molecule has 1 amide bonds. The highest BCUT2D eigenvalue weighted by molar-refractivity contribution is 7.99. The number of rotatable bonds is 6. The number of aryl methyl sites for hydroxylation is 2. The molecule has 1 heterocycles. The number of fused-ring (bicyclic) bond motifs is 1. The number of thioether (sulfide) groups is 1. The summed E-state index contributed by atoms with van der Waals surface area (Å²) in [5.74, 6) is -0.123. The van der Waals surface area contributed by atoms with Gasteiger partial charge in [0.1, 0.15) is 0 Å². The summed E-state index contributed by atoms with van der Waals surface area (Å²) < 4.78 is 1.50. The number of hydrogen-bond acceptors (Lipinski definition) is 5. The molecule has 2 aromatic rings. The molecule has 1 aliphatic rings. The highest BCUT2D eigenvalue weighted by Gasteiger charge is 2.14. The maximum Gasteiger partial charge on any atom is 0.257 e. The van der Waals surface area contributed by atoms with Crippen molar-refractivity contribution in [3.05, 3.63) is 45.7 Å². The lowest BCUT2D eigenvalue weighted by molar-refractivity contribution is -0.113. The van der Waals surface area contributed by atoms with Crippen LogP contribution in [0.5, 0.6) is 5.88 Å². The van der Waals surface area contributed by atoms with E-state index in [0.717, 1.165) is 36.4 Å². The summed E-state index contributed by atoms with van der Waals surface area (Å²) in [7, 11) is 0. The van der Waals surface area contributed by atoms with Crippen molar-refractivity contribution < 1.29 is 9.90 Å². The summed E-state index contributed by atoms with van der Waals surface area (Å²) >= 11 is 1.15. The second kappa shape index (κ2) is 7.95. The number of amides is 1. The Morgan fingerprint density at radius 1 is 1.31 bits per heavy atom. The Morgan fingerprint density at radius 2 is 2.08 bits per heavy atom. The van der Waals surface area contributed by atoms with Crippen molar-refractivity contribution in [2.24, 2.45) is 5.92 Å². The first-order valence-electron chi connectivity index (χ1n) is 8.77. The number of aromatic nitrogens is 2. The summed E-state index contributed by atoms with van der Waals surface area (Å²) in [6.45, 7) is 4.48. The number of benzene rings is 1. The van der Waals surface area contributed by atoms with E-state index in [1.165, 1.54) is 22.1 Å². The van der Waals surface area contributed by atoms with Gasteiger partial charge in [0, 0.05) is 12.2 Å². The fourth-order valence-corrected chi connectivity index (χ4v) is 3.90. The summed E-state index contributed by atoms with van der Waals surface area (Å²) in [4.78, 5) is 28.4. The molecule has 0 aliphatic heterocycles. The van der Waals surface area contributed by atoms with Crippen LogP contribution >= 0.6 is 11.8 Å². The molecule has 0 unspecified atom stereocenters. The van der Waals surface area contributed by atoms with Gasteiger partial charge < -0.3 is 10.4 Å². The van der Waals surface area contributed by atoms with Gasteiger partial charge >= 0.3 is 0 Å². The molecule has 1 aromatic heterocycles. The molecule has 0 saturated carbocycles. The molecular weight excluding hydrogens is 350 g/mol. The van der Waals surface area contributed by atoms with E-state index in [9.17, 15) is 14.7 Å². The molecule has 0 radical (unpaired) electrons. The van der Waals surface area contributed by atoms with E-state index in [1.807, 2.05) is 26.0 Å². The standard InChI is InChI=1S/C19H23N3O3S/c1-12(2)10-22-18(25)9-16(23)21-19(22)26-11-17(24)20-15-7-6-13-4-3-5-14(13)8-15/h6-9,12,23H,3-5,10-11H2,1-2H3,(H,20,24). The van der Waals surface area contributed by atoms with Gasteiger partial charge in [-0.25, -0.2) is 0 Å². The van der Waals surface area contributed by atoms with Crippen molar-refractivity contribution in [3.63, 3.8) is 0 Å². The Kier molecular flexibility index (Phi) is 5.66. The second-order valence-corrected chi connectivity index (χ2v) is 7.86. The molecule has 6 nitrogen and oxygen atoms in total. The van der Waals surface area contributed by atoms with Gasteiger partial charge in [0.15, 0.2) is 5.16 Å². The van der Waals surface area contributed by atoms with Crippen molar-refractivity contribution in [1.82, 2.24) is 9.55 Å². The molecule has 1 aromatic carbocycles. The highest BCUT2D eigenvalue weighted by Crippen LogP contribution is 2.25. The number of carbonyl (C=O) groups is 1. The predicted octanol–water partition coefficient (Wildman–Crippen LogP) is 2.82. The number of hydrogen-bond donors (Lipinski definition) is 2. The molecule has 7 heteroatoms. The first kappa shape index (κ1) is 18.5. The minimum atomic E-state index is -0.323. The molecule has 2 N–H and O–H groups in total. The third-order valence-corrected chi connectivity index (χ3v) is 5.20.